The Bertz CT molecular complexity index is 432. The largest absolute Gasteiger partial charge is 0.467 e. The molecular weight excluding hydrogens is 248 g/mol. The van der Waals surface area contributed by atoms with Crippen LogP contribution < -0.4 is 0 Å². The van der Waals surface area contributed by atoms with Gasteiger partial charge >= 0.3 is 5.97 Å². The van der Waals surface area contributed by atoms with Crippen molar-refractivity contribution in [3.63, 3.8) is 0 Å². The smallest absolute Gasteiger partial charge is 0.328 e. The zero-order valence-electron chi connectivity index (χ0n) is 11.0. The number of methoxy groups -OCH3 is 1. The topological polar surface area (TPSA) is 77.3 Å². The Morgan fingerprint density at radius 1 is 1.42 bits per heavy atom. The average molecular weight is 266 g/mol. The second-order valence-electron chi connectivity index (χ2n) is 4.54. The maximum atomic E-state index is 12.2. The summed E-state index contributed by atoms with van der Waals surface area (Å²) in [6, 6.07) is -0.429. The number of ether oxygens (including phenoxy) is 1. The molecular formula is C12H18N4O3. The highest BCUT2D eigenvalue weighted by Crippen LogP contribution is 2.19. The maximum absolute atomic E-state index is 12.2. The minimum absolute atomic E-state index is 0.0365. The Hall–Kier alpha value is -1.92. The number of rotatable bonds is 4. The number of carbonyl (C=O) groups is 2. The van der Waals surface area contributed by atoms with Gasteiger partial charge in [-0.2, -0.15) is 0 Å². The van der Waals surface area contributed by atoms with Crippen molar-refractivity contribution in [2.24, 2.45) is 0 Å². The van der Waals surface area contributed by atoms with Gasteiger partial charge in [0.25, 0.3) is 0 Å². The zero-order valence-corrected chi connectivity index (χ0v) is 11.0. The lowest BCUT2D eigenvalue weighted by Gasteiger charge is -2.33. The van der Waals surface area contributed by atoms with E-state index >= 15 is 0 Å². The molecule has 7 heteroatoms. The number of nitrogens with zero attached hydrogens (tertiary/aromatic N) is 4. The summed E-state index contributed by atoms with van der Waals surface area (Å²) in [4.78, 5) is 25.5. The van der Waals surface area contributed by atoms with E-state index in [0.29, 0.717) is 25.9 Å². The van der Waals surface area contributed by atoms with Crippen LogP contribution in [0, 0.1) is 0 Å². The molecule has 1 aliphatic heterocycles. The Morgan fingerprint density at radius 3 is 2.95 bits per heavy atom. The number of amides is 1. The van der Waals surface area contributed by atoms with E-state index in [0.717, 1.165) is 12.8 Å². The van der Waals surface area contributed by atoms with Crippen molar-refractivity contribution in [1.29, 1.82) is 0 Å². The van der Waals surface area contributed by atoms with Crippen molar-refractivity contribution in [3.8, 4) is 0 Å². The highest BCUT2D eigenvalue weighted by Gasteiger charge is 2.32. The molecule has 0 N–H and O–H groups in total. The molecule has 2 heterocycles. The number of aromatic nitrogens is 3. The van der Waals surface area contributed by atoms with Crippen molar-refractivity contribution >= 4 is 11.9 Å². The van der Waals surface area contributed by atoms with Gasteiger partial charge in [0, 0.05) is 19.2 Å². The van der Waals surface area contributed by atoms with E-state index in [1.54, 1.807) is 22.0 Å². The molecule has 104 valence electrons. The van der Waals surface area contributed by atoms with Crippen LogP contribution in [-0.2, 0) is 20.9 Å². The predicted octanol–water partition coefficient (Wildman–Crippen LogP) is 0.222. The van der Waals surface area contributed by atoms with Crippen LogP contribution in [0.25, 0.3) is 0 Å². The van der Waals surface area contributed by atoms with Crippen LogP contribution in [-0.4, -0.2) is 51.5 Å². The van der Waals surface area contributed by atoms with Crippen LogP contribution >= 0.6 is 0 Å². The molecule has 1 aliphatic rings. The molecule has 0 saturated carbocycles. The molecule has 1 aromatic rings. The first-order chi connectivity index (χ1) is 9.22. The summed E-state index contributed by atoms with van der Waals surface area (Å²) < 4.78 is 6.37. The molecule has 1 aromatic heterocycles. The Balaban J connectivity index is 1.93. The number of esters is 1. The highest BCUT2D eigenvalue weighted by atomic mass is 16.5. The summed E-state index contributed by atoms with van der Waals surface area (Å²) in [6.07, 6.45) is 6.16. The first-order valence-electron chi connectivity index (χ1n) is 6.44. The number of likely N-dealkylation sites (tertiary alicyclic amines) is 1. The van der Waals surface area contributed by atoms with E-state index in [9.17, 15) is 9.59 Å². The third-order valence-electron chi connectivity index (χ3n) is 3.32. The molecule has 1 saturated heterocycles. The van der Waals surface area contributed by atoms with Crippen LogP contribution in [0.2, 0.25) is 0 Å². The van der Waals surface area contributed by atoms with Gasteiger partial charge in [0.1, 0.15) is 6.04 Å². The van der Waals surface area contributed by atoms with Crippen molar-refractivity contribution in [1.82, 2.24) is 19.9 Å². The third-order valence-corrected chi connectivity index (χ3v) is 3.32. The Morgan fingerprint density at radius 2 is 2.26 bits per heavy atom. The van der Waals surface area contributed by atoms with Crippen molar-refractivity contribution in [2.75, 3.05) is 13.7 Å². The summed E-state index contributed by atoms with van der Waals surface area (Å²) in [6.45, 7) is 1.10. The van der Waals surface area contributed by atoms with Gasteiger partial charge in [-0.25, -0.2) is 4.79 Å². The van der Waals surface area contributed by atoms with E-state index < -0.39 is 6.04 Å². The summed E-state index contributed by atoms with van der Waals surface area (Å²) >= 11 is 0. The van der Waals surface area contributed by atoms with Crippen LogP contribution in [0.4, 0.5) is 0 Å². The van der Waals surface area contributed by atoms with Gasteiger partial charge < -0.3 is 9.64 Å². The lowest BCUT2D eigenvalue weighted by atomic mass is 10.0. The molecule has 1 unspecified atom stereocenters. The van der Waals surface area contributed by atoms with Crippen molar-refractivity contribution in [2.45, 2.75) is 38.3 Å². The van der Waals surface area contributed by atoms with Crippen LogP contribution in [0.3, 0.4) is 0 Å². The summed E-state index contributed by atoms with van der Waals surface area (Å²) in [5, 5.41) is 7.49. The predicted molar refractivity (Wildman–Crippen MR) is 66.0 cm³/mol. The molecule has 0 aliphatic carbocycles. The number of hydrogen-bond acceptors (Lipinski definition) is 5. The van der Waals surface area contributed by atoms with Gasteiger partial charge in [-0.15, -0.1) is 5.10 Å². The minimum Gasteiger partial charge on any atom is -0.467 e. The zero-order chi connectivity index (χ0) is 13.7. The third kappa shape index (κ3) is 3.30. The van der Waals surface area contributed by atoms with Crippen LogP contribution in [0.1, 0.15) is 25.7 Å². The molecule has 0 spiro atoms. The molecule has 1 fully saturated rings. The number of hydrogen-bond donors (Lipinski definition) is 0. The second kappa shape index (κ2) is 6.31. The monoisotopic (exact) mass is 266 g/mol. The molecule has 0 radical (unpaired) electrons. The Kier molecular flexibility index (Phi) is 4.48. The summed E-state index contributed by atoms with van der Waals surface area (Å²) in [5.74, 6) is -0.362. The van der Waals surface area contributed by atoms with E-state index in [-0.39, 0.29) is 11.9 Å². The lowest BCUT2D eigenvalue weighted by Crippen LogP contribution is -2.48. The summed E-state index contributed by atoms with van der Waals surface area (Å²) in [5.41, 5.74) is 0. The van der Waals surface area contributed by atoms with E-state index in [1.807, 2.05) is 0 Å². The standard InChI is InChI=1S/C12H18N4O3/c1-19-12(18)10-4-2-3-7-16(10)11(17)5-8-15-9-6-13-14-15/h6,9-10H,2-5,7-8H2,1H3. The minimum atomic E-state index is -0.429. The van der Waals surface area contributed by atoms with Gasteiger partial charge in [0.2, 0.25) is 5.91 Å². The van der Waals surface area contributed by atoms with Crippen molar-refractivity contribution in [3.05, 3.63) is 12.4 Å². The quantitative estimate of drug-likeness (QED) is 0.729. The SMILES string of the molecule is COC(=O)C1CCCCN1C(=O)CCn1ccnn1. The van der Waals surface area contributed by atoms with Gasteiger partial charge in [-0.1, -0.05) is 5.21 Å². The van der Waals surface area contributed by atoms with E-state index in [4.69, 9.17) is 4.74 Å². The molecule has 7 nitrogen and oxygen atoms in total. The van der Waals surface area contributed by atoms with Gasteiger partial charge in [0.15, 0.2) is 0 Å². The first kappa shape index (κ1) is 13.5. The van der Waals surface area contributed by atoms with Crippen molar-refractivity contribution < 1.29 is 14.3 Å². The van der Waals surface area contributed by atoms with Gasteiger partial charge in [-0.3, -0.25) is 9.48 Å². The van der Waals surface area contributed by atoms with E-state index in [2.05, 4.69) is 10.3 Å². The number of piperidine rings is 1. The molecule has 0 aromatic carbocycles. The van der Waals surface area contributed by atoms with Crippen LogP contribution in [0.15, 0.2) is 12.4 Å². The first-order valence-corrected chi connectivity index (χ1v) is 6.44. The average Bonchev–Trinajstić information content (AvgIpc) is 2.97. The normalized spacial score (nSPS) is 19.2. The lowest BCUT2D eigenvalue weighted by molar-refractivity contribution is -0.154. The molecule has 2 rings (SSSR count). The molecule has 0 bridgehead atoms. The summed E-state index contributed by atoms with van der Waals surface area (Å²) in [7, 11) is 1.36. The second-order valence-corrected chi connectivity index (χ2v) is 4.54. The molecule has 1 amide bonds. The Labute approximate surface area is 111 Å². The fourth-order valence-electron chi connectivity index (χ4n) is 2.32. The number of carbonyl (C=O) groups excluding carboxylic acids is 2. The fraction of sp³-hybridized carbons (Fsp3) is 0.667. The fourth-order valence-corrected chi connectivity index (χ4v) is 2.32. The highest BCUT2D eigenvalue weighted by molar-refractivity contribution is 5.84. The van der Waals surface area contributed by atoms with E-state index in [1.165, 1.54) is 7.11 Å². The van der Waals surface area contributed by atoms with Gasteiger partial charge in [0.05, 0.1) is 19.9 Å². The van der Waals surface area contributed by atoms with Gasteiger partial charge in [-0.05, 0) is 19.3 Å². The van der Waals surface area contributed by atoms with Crippen LogP contribution in [0.5, 0.6) is 0 Å². The number of aryl methyl sites for hydroxylation is 1. The maximum Gasteiger partial charge on any atom is 0.328 e. The molecule has 19 heavy (non-hydrogen) atoms. The molecule has 1 atom stereocenters.